The van der Waals surface area contributed by atoms with Gasteiger partial charge < -0.3 is 4.98 Å². The highest BCUT2D eigenvalue weighted by atomic mass is 35.5. The van der Waals surface area contributed by atoms with Gasteiger partial charge >= 0.3 is 0 Å². The number of aromatic amines is 1. The second-order valence-electron chi connectivity index (χ2n) is 4.31. The Morgan fingerprint density at radius 1 is 1.29 bits per heavy atom. The van der Waals surface area contributed by atoms with Crippen LogP contribution in [0.25, 0.3) is 11.4 Å². The Morgan fingerprint density at radius 2 is 2.12 bits per heavy atom. The molecular weight excluding hydrogens is 252 g/mol. The van der Waals surface area contributed by atoms with Crippen molar-refractivity contribution in [3.05, 3.63) is 45.7 Å². The van der Waals surface area contributed by atoms with E-state index < -0.39 is 0 Å². The Morgan fingerprint density at radius 3 is 2.82 bits per heavy atom. The van der Waals surface area contributed by atoms with Gasteiger partial charge in [0, 0.05) is 16.3 Å². The van der Waals surface area contributed by atoms with Gasteiger partial charge in [0.05, 0.1) is 0 Å². The molecule has 0 amide bonds. The second kappa shape index (κ2) is 4.24. The summed E-state index contributed by atoms with van der Waals surface area (Å²) in [6.07, 6.45) is 2.48. The van der Waals surface area contributed by atoms with Crippen LogP contribution < -0.4 is 0 Å². The molecule has 1 aliphatic rings. The lowest BCUT2D eigenvalue weighted by Gasteiger charge is -2.05. The largest absolute Gasteiger partial charge is 0.343 e. The molecule has 0 spiro atoms. The normalized spacial score (nSPS) is 14.9. The molecule has 0 bridgehead atoms. The fourth-order valence-corrected chi connectivity index (χ4v) is 2.27. The number of hydrogen-bond donors (Lipinski definition) is 1. The maximum absolute atomic E-state index is 5.98. The van der Waals surface area contributed by atoms with E-state index in [1.807, 2.05) is 30.3 Å². The molecule has 0 atom stereocenters. The summed E-state index contributed by atoms with van der Waals surface area (Å²) in [5.74, 6) is 1.44. The topological polar surface area (TPSA) is 28.7 Å². The maximum atomic E-state index is 5.98. The van der Waals surface area contributed by atoms with E-state index >= 15 is 0 Å². The van der Waals surface area contributed by atoms with Crippen LogP contribution in [0.3, 0.4) is 0 Å². The average Bonchev–Trinajstić information content (AvgIpc) is 3.12. The number of nitrogens with zero attached hydrogens (tertiary/aromatic N) is 1. The van der Waals surface area contributed by atoms with Gasteiger partial charge in [-0.15, -0.1) is 0 Å². The van der Waals surface area contributed by atoms with Crippen LogP contribution in [0, 0.1) is 4.64 Å². The van der Waals surface area contributed by atoms with E-state index in [1.54, 1.807) is 0 Å². The molecule has 1 fully saturated rings. The van der Waals surface area contributed by atoms with Crippen LogP contribution in [-0.4, -0.2) is 9.97 Å². The lowest BCUT2D eigenvalue weighted by Crippen LogP contribution is -1.94. The van der Waals surface area contributed by atoms with Crippen LogP contribution >= 0.6 is 23.8 Å². The van der Waals surface area contributed by atoms with Gasteiger partial charge in [-0.05, 0) is 37.0 Å². The van der Waals surface area contributed by atoms with Crippen LogP contribution in [0.2, 0.25) is 5.02 Å². The monoisotopic (exact) mass is 262 g/mol. The van der Waals surface area contributed by atoms with Crippen molar-refractivity contribution < 1.29 is 0 Å². The molecule has 1 N–H and O–H groups in total. The van der Waals surface area contributed by atoms with Crippen LogP contribution in [0.15, 0.2) is 30.3 Å². The van der Waals surface area contributed by atoms with E-state index in [0.29, 0.717) is 15.6 Å². The Kier molecular flexibility index (Phi) is 2.73. The molecule has 2 aromatic rings. The number of halogens is 1. The summed E-state index contributed by atoms with van der Waals surface area (Å²) in [7, 11) is 0. The summed E-state index contributed by atoms with van der Waals surface area (Å²) in [5.41, 5.74) is 2.17. The number of nitrogens with one attached hydrogen (secondary N) is 1. The maximum Gasteiger partial charge on any atom is 0.139 e. The van der Waals surface area contributed by atoms with Crippen LogP contribution in [0.1, 0.15) is 24.5 Å². The van der Waals surface area contributed by atoms with Crippen LogP contribution in [-0.2, 0) is 0 Å². The first-order chi connectivity index (χ1) is 8.22. The SMILES string of the molecule is S=c1cc(C2CC2)[nH]c(-c2cccc(Cl)c2)n1. The minimum Gasteiger partial charge on any atom is -0.343 e. The second-order valence-corrected chi connectivity index (χ2v) is 5.16. The van der Waals surface area contributed by atoms with Crippen molar-refractivity contribution in [2.75, 3.05) is 0 Å². The van der Waals surface area contributed by atoms with Gasteiger partial charge in [-0.1, -0.05) is 36.0 Å². The molecule has 1 aliphatic carbocycles. The summed E-state index contributed by atoms with van der Waals surface area (Å²) in [6, 6.07) is 9.60. The van der Waals surface area contributed by atoms with Crippen molar-refractivity contribution >= 4 is 23.8 Å². The van der Waals surface area contributed by atoms with Gasteiger partial charge in [-0.25, -0.2) is 4.98 Å². The highest BCUT2D eigenvalue weighted by molar-refractivity contribution is 7.71. The third-order valence-corrected chi connectivity index (χ3v) is 3.32. The molecule has 1 aromatic heterocycles. The molecule has 17 heavy (non-hydrogen) atoms. The van der Waals surface area contributed by atoms with Gasteiger partial charge in [-0.3, -0.25) is 0 Å². The zero-order valence-electron chi connectivity index (χ0n) is 9.11. The Bertz CT molecular complexity index is 617. The first kappa shape index (κ1) is 10.9. The van der Waals surface area contributed by atoms with E-state index in [9.17, 15) is 0 Å². The molecule has 2 nitrogen and oxygen atoms in total. The number of hydrogen-bond acceptors (Lipinski definition) is 2. The first-order valence-electron chi connectivity index (χ1n) is 5.59. The lowest BCUT2D eigenvalue weighted by molar-refractivity contribution is 0.988. The van der Waals surface area contributed by atoms with Crippen molar-refractivity contribution in [2.45, 2.75) is 18.8 Å². The van der Waals surface area contributed by atoms with Crippen molar-refractivity contribution in [3.8, 4) is 11.4 Å². The van der Waals surface area contributed by atoms with Gasteiger partial charge in [0.15, 0.2) is 0 Å². The molecule has 0 aliphatic heterocycles. The predicted octanol–water partition coefficient (Wildman–Crippen LogP) is 4.34. The van der Waals surface area contributed by atoms with Crippen LogP contribution in [0.5, 0.6) is 0 Å². The zero-order chi connectivity index (χ0) is 11.8. The van der Waals surface area contributed by atoms with Gasteiger partial charge in [0.2, 0.25) is 0 Å². The summed E-state index contributed by atoms with van der Waals surface area (Å²) in [6.45, 7) is 0. The summed E-state index contributed by atoms with van der Waals surface area (Å²) in [5, 5.41) is 0.709. The molecule has 4 heteroatoms. The highest BCUT2D eigenvalue weighted by Gasteiger charge is 2.24. The molecule has 1 aromatic carbocycles. The van der Waals surface area contributed by atoms with Crippen molar-refractivity contribution in [1.82, 2.24) is 9.97 Å². The summed E-state index contributed by atoms with van der Waals surface area (Å²) < 4.78 is 0.639. The van der Waals surface area contributed by atoms with E-state index in [2.05, 4.69) is 9.97 Å². The van der Waals surface area contributed by atoms with E-state index in [-0.39, 0.29) is 0 Å². The molecule has 0 radical (unpaired) electrons. The third-order valence-electron chi connectivity index (χ3n) is 2.88. The number of benzene rings is 1. The number of H-pyrrole nitrogens is 1. The minimum atomic E-state index is 0.637. The minimum absolute atomic E-state index is 0.637. The molecule has 0 unspecified atom stereocenters. The van der Waals surface area contributed by atoms with Crippen LogP contribution in [0.4, 0.5) is 0 Å². The van der Waals surface area contributed by atoms with Crippen molar-refractivity contribution in [2.24, 2.45) is 0 Å². The number of rotatable bonds is 2. The third kappa shape index (κ3) is 2.40. The molecule has 3 rings (SSSR count). The lowest BCUT2D eigenvalue weighted by atomic mass is 10.2. The quantitative estimate of drug-likeness (QED) is 0.816. The standard InChI is InChI=1S/C13H11ClN2S/c14-10-3-1-2-9(6-10)13-15-11(8-4-5-8)7-12(17)16-13/h1-3,6-8H,4-5H2,(H,15,16,17). The molecular formula is C13H11ClN2S. The van der Waals surface area contributed by atoms with E-state index in [1.165, 1.54) is 18.5 Å². The Labute approximate surface area is 110 Å². The average molecular weight is 263 g/mol. The van der Waals surface area contributed by atoms with E-state index in [0.717, 1.165) is 11.4 Å². The summed E-state index contributed by atoms with van der Waals surface area (Å²) >= 11 is 11.2. The molecule has 86 valence electrons. The number of aromatic nitrogens is 2. The predicted molar refractivity (Wildman–Crippen MR) is 71.8 cm³/mol. The van der Waals surface area contributed by atoms with Gasteiger partial charge in [-0.2, -0.15) is 0 Å². The molecule has 1 heterocycles. The Hall–Kier alpha value is -1.19. The fraction of sp³-hybridized carbons (Fsp3) is 0.231. The molecule has 0 saturated heterocycles. The molecule has 1 saturated carbocycles. The van der Waals surface area contributed by atoms with Gasteiger partial charge in [0.1, 0.15) is 10.5 Å². The highest BCUT2D eigenvalue weighted by Crippen LogP contribution is 2.39. The van der Waals surface area contributed by atoms with Gasteiger partial charge in [0.25, 0.3) is 0 Å². The zero-order valence-corrected chi connectivity index (χ0v) is 10.7. The smallest absolute Gasteiger partial charge is 0.139 e. The summed E-state index contributed by atoms with van der Waals surface area (Å²) in [4.78, 5) is 7.71. The van der Waals surface area contributed by atoms with Crippen molar-refractivity contribution in [1.29, 1.82) is 0 Å². The van der Waals surface area contributed by atoms with E-state index in [4.69, 9.17) is 23.8 Å². The van der Waals surface area contributed by atoms with Crippen molar-refractivity contribution in [3.63, 3.8) is 0 Å². The Balaban J connectivity index is 2.10. The fourth-order valence-electron chi connectivity index (χ4n) is 1.86. The first-order valence-corrected chi connectivity index (χ1v) is 6.38.